The predicted octanol–water partition coefficient (Wildman–Crippen LogP) is 7.55. The molecule has 4 rings (SSSR count). The molecule has 1 fully saturated rings. The second-order valence-corrected chi connectivity index (χ2v) is 11.6. The Morgan fingerprint density at radius 2 is 1.71 bits per heavy atom. The maximum absolute atomic E-state index is 14.0. The number of carbonyl (C=O) groups excluding carboxylic acids is 2. The van der Waals surface area contributed by atoms with Gasteiger partial charge in [-0.3, -0.25) is 9.59 Å². The molecule has 202 valence electrons. The third kappa shape index (κ3) is 7.29. The second-order valence-electron chi connectivity index (χ2n) is 10.3. The highest BCUT2D eigenvalue weighted by Crippen LogP contribution is 2.26. The van der Waals surface area contributed by atoms with E-state index in [1.807, 2.05) is 24.8 Å². The monoisotopic (exact) mass is 597 g/mol. The predicted molar refractivity (Wildman–Crippen MR) is 157 cm³/mol. The molecular formula is C31H37BrClN3O2. The Hall–Kier alpha value is -2.57. The standard InChI is InChI=1S/C31H37BrClN3O2/c1-3-23(2)35(31(38)25-13-17-27(33)18-14-25)22-30(37)36(28-8-5-4-6-9-28)21-29-10-7-19-34(29)20-24-11-15-26(32)16-12-24/h7,10-19,23,28H,3-6,8-9,20-22H2,1-2H3/t23-/m0/s1. The molecule has 38 heavy (non-hydrogen) atoms. The highest BCUT2D eigenvalue weighted by atomic mass is 79.9. The van der Waals surface area contributed by atoms with Crippen LogP contribution < -0.4 is 0 Å². The molecule has 1 aromatic heterocycles. The van der Waals surface area contributed by atoms with E-state index in [1.54, 1.807) is 29.2 Å². The quantitative estimate of drug-likeness (QED) is 0.242. The fourth-order valence-corrected chi connectivity index (χ4v) is 5.56. The van der Waals surface area contributed by atoms with Crippen LogP contribution in [-0.4, -0.2) is 44.8 Å². The van der Waals surface area contributed by atoms with Crippen molar-refractivity contribution >= 4 is 39.3 Å². The molecule has 1 saturated carbocycles. The smallest absolute Gasteiger partial charge is 0.254 e. The molecule has 0 unspecified atom stereocenters. The first kappa shape index (κ1) is 28.4. The molecule has 1 atom stereocenters. The first-order valence-corrected chi connectivity index (χ1v) is 14.8. The van der Waals surface area contributed by atoms with Gasteiger partial charge in [-0.15, -0.1) is 0 Å². The number of rotatable bonds is 10. The van der Waals surface area contributed by atoms with Gasteiger partial charge in [-0.05, 0) is 80.3 Å². The second kappa shape index (κ2) is 13.5. The fourth-order valence-electron chi connectivity index (χ4n) is 5.16. The van der Waals surface area contributed by atoms with Crippen molar-refractivity contribution in [2.24, 2.45) is 0 Å². The van der Waals surface area contributed by atoms with E-state index in [4.69, 9.17) is 11.6 Å². The number of hydrogen-bond donors (Lipinski definition) is 0. The van der Waals surface area contributed by atoms with Crippen molar-refractivity contribution in [3.63, 3.8) is 0 Å². The van der Waals surface area contributed by atoms with Crippen molar-refractivity contribution in [3.8, 4) is 0 Å². The van der Waals surface area contributed by atoms with Crippen LogP contribution in [-0.2, 0) is 17.9 Å². The van der Waals surface area contributed by atoms with Gasteiger partial charge in [-0.25, -0.2) is 0 Å². The molecule has 0 bridgehead atoms. The van der Waals surface area contributed by atoms with Gasteiger partial charge in [0.15, 0.2) is 0 Å². The number of carbonyl (C=O) groups is 2. The number of aromatic nitrogens is 1. The van der Waals surface area contributed by atoms with Crippen LogP contribution in [0.4, 0.5) is 0 Å². The van der Waals surface area contributed by atoms with Crippen LogP contribution in [0.3, 0.4) is 0 Å². The Labute approximate surface area is 239 Å². The molecule has 0 N–H and O–H groups in total. The van der Waals surface area contributed by atoms with E-state index in [-0.39, 0.29) is 30.4 Å². The van der Waals surface area contributed by atoms with Gasteiger partial charge in [0.2, 0.25) is 5.91 Å². The van der Waals surface area contributed by atoms with Gasteiger partial charge >= 0.3 is 0 Å². The first-order chi connectivity index (χ1) is 18.4. The highest BCUT2D eigenvalue weighted by Gasteiger charge is 2.30. The van der Waals surface area contributed by atoms with Gasteiger partial charge < -0.3 is 14.4 Å². The van der Waals surface area contributed by atoms with Gasteiger partial charge in [-0.2, -0.15) is 0 Å². The third-order valence-corrected chi connectivity index (χ3v) is 8.42. The molecular weight excluding hydrogens is 562 g/mol. The number of benzene rings is 2. The van der Waals surface area contributed by atoms with Crippen LogP contribution in [0.5, 0.6) is 0 Å². The molecule has 0 spiro atoms. The van der Waals surface area contributed by atoms with Crippen LogP contribution in [0.2, 0.25) is 5.02 Å². The summed E-state index contributed by atoms with van der Waals surface area (Å²) in [5, 5.41) is 0.585. The van der Waals surface area contributed by atoms with Gasteiger partial charge in [0, 0.05) is 45.6 Å². The zero-order chi connectivity index (χ0) is 27.1. The minimum absolute atomic E-state index is 0.0101. The Kier molecular flexibility index (Phi) is 10.1. The van der Waals surface area contributed by atoms with E-state index in [0.717, 1.165) is 48.8 Å². The van der Waals surface area contributed by atoms with Gasteiger partial charge in [0.25, 0.3) is 5.91 Å². The maximum atomic E-state index is 14.0. The van der Waals surface area contributed by atoms with E-state index in [9.17, 15) is 9.59 Å². The Balaban J connectivity index is 1.56. The fraction of sp³-hybridized carbons (Fsp3) is 0.419. The van der Waals surface area contributed by atoms with Gasteiger partial charge in [0.05, 0.1) is 6.54 Å². The molecule has 7 heteroatoms. The van der Waals surface area contributed by atoms with Crippen LogP contribution in [0.1, 0.15) is 74.0 Å². The minimum Gasteiger partial charge on any atom is -0.345 e. The Morgan fingerprint density at radius 3 is 2.37 bits per heavy atom. The lowest BCUT2D eigenvalue weighted by Gasteiger charge is -2.37. The average Bonchev–Trinajstić information content (AvgIpc) is 3.38. The number of halogens is 2. The minimum atomic E-state index is -0.133. The zero-order valence-corrected chi connectivity index (χ0v) is 24.6. The van der Waals surface area contributed by atoms with Gasteiger partial charge in [0.1, 0.15) is 6.54 Å². The lowest BCUT2D eigenvalue weighted by molar-refractivity contribution is -0.136. The molecule has 2 aromatic carbocycles. The van der Waals surface area contributed by atoms with Crippen molar-refractivity contribution < 1.29 is 9.59 Å². The Bertz CT molecular complexity index is 1200. The first-order valence-electron chi connectivity index (χ1n) is 13.6. The van der Waals surface area contributed by atoms with Crippen molar-refractivity contribution in [2.75, 3.05) is 6.54 Å². The summed E-state index contributed by atoms with van der Waals surface area (Å²) >= 11 is 9.55. The topological polar surface area (TPSA) is 45.6 Å². The SMILES string of the molecule is CC[C@H](C)N(CC(=O)N(Cc1cccn1Cc1ccc(Br)cc1)C1CCCCC1)C(=O)c1ccc(Cl)cc1. The molecule has 0 saturated heterocycles. The summed E-state index contributed by atoms with van der Waals surface area (Å²) in [6, 6.07) is 19.5. The van der Waals surface area contributed by atoms with Crippen LogP contribution in [0.15, 0.2) is 71.3 Å². The molecule has 0 radical (unpaired) electrons. The van der Waals surface area contributed by atoms with E-state index < -0.39 is 0 Å². The van der Waals surface area contributed by atoms with E-state index >= 15 is 0 Å². The number of amides is 2. The number of hydrogen-bond acceptors (Lipinski definition) is 2. The molecule has 3 aromatic rings. The normalized spacial score (nSPS) is 14.7. The summed E-state index contributed by atoms with van der Waals surface area (Å²) in [6.45, 7) is 5.41. The van der Waals surface area contributed by atoms with Gasteiger partial charge in [-0.1, -0.05) is 65.8 Å². The maximum Gasteiger partial charge on any atom is 0.254 e. The zero-order valence-electron chi connectivity index (χ0n) is 22.3. The molecule has 1 aliphatic carbocycles. The van der Waals surface area contributed by atoms with Crippen molar-refractivity contribution in [2.45, 2.75) is 77.5 Å². The summed E-state index contributed by atoms with van der Waals surface area (Å²) in [5.41, 5.74) is 2.86. The molecule has 5 nitrogen and oxygen atoms in total. The lowest BCUT2D eigenvalue weighted by atomic mass is 9.94. The number of nitrogens with zero attached hydrogens (tertiary/aromatic N) is 3. The molecule has 2 amide bonds. The molecule has 0 aliphatic heterocycles. The van der Waals surface area contributed by atoms with E-state index in [2.05, 4.69) is 57.0 Å². The van der Waals surface area contributed by atoms with E-state index in [0.29, 0.717) is 17.1 Å². The van der Waals surface area contributed by atoms with Crippen LogP contribution in [0, 0.1) is 0 Å². The summed E-state index contributed by atoms with van der Waals surface area (Å²) < 4.78 is 3.28. The summed E-state index contributed by atoms with van der Waals surface area (Å²) in [7, 11) is 0. The largest absolute Gasteiger partial charge is 0.345 e. The summed E-state index contributed by atoms with van der Waals surface area (Å²) in [4.78, 5) is 31.2. The molecule has 1 aliphatic rings. The summed E-state index contributed by atoms with van der Waals surface area (Å²) in [5.74, 6) is -0.123. The van der Waals surface area contributed by atoms with Crippen LogP contribution >= 0.6 is 27.5 Å². The average molecular weight is 599 g/mol. The van der Waals surface area contributed by atoms with Crippen molar-refractivity contribution in [1.82, 2.24) is 14.4 Å². The van der Waals surface area contributed by atoms with Crippen molar-refractivity contribution in [3.05, 3.63) is 93.2 Å². The summed E-state index contributed by atoms with van der Waals surface area (Å²) in [6.07, 6.45) is 8.34. The molecule has 1 heterocycles. The van der Waals surface area contributed by atoms with Crippen LogP contribution in [0.25, 0.3) is 0 Å². The highest BCUT2D eigenvalue weighted by molar-refractivity contribution is 9.10. The van der Waals surface area contributed by atoms with E-state index in [1.165, 1.54) is 12.0 Å². The van der Waals surface area contributed by atoms with Crippen molar-refractivity contribution in [1.29, 1.82) is 0 Å². The Morgan fingerprint density at radius 1 is 1.03 bits per heavy atom. The lowest BCUT2D eigenvalue weighted by Crippen LogP contribution is -2.49. The third-order valence-electron chi connectivity index (χ3n) is 7.64.